The molecule has 3 rings (SSSR count). The number of hydrazine groups is 1. The molecule has 0 radical (unpaired) electrons. The molecular formula is C14H11N5S. The summed E-state index contributed by atoms with van der Waals surface area (Å²) in [6.45, 7) is 2.03. The lowest BCUT2D eigenvalue weighted by Gasteiger charge is -1.99. The van der Waals surface area contributed by atoms with Crippen molar-refractivity contribution in [1.29, 1.82) is 5.26 Å². The molecule has 2 aromatic heterocycles. The lowest BCUT2D eigenvalue weighted by atomic mass is 10.1. The van der Waals surface area contributed by atoms with E-state index in [9.17, 15) is 0 Å². The fourth-order valence-electron chi connectivity index (χ4n) is 2.10. The van der Waals surface area contributed by atoms with E-state index in [1.54, 1.807) is 11.3 Å². The predicted molar refractivity (Wildman–Crippen MR) is 80.1 cm³/mol. The Hall–Kier alpha value is -2.49. The normalized spacial score (nSPS) is 10.4. The molecule has 0 aliphatic carbocycles. The fraction of sp³-hybridized carbons (Fsp3) is 0.0714. The van der Waals surface area contributed by atoms with Crippen LogP contribution in [-0.4, -0.2) is 9.97 Å². The number of aryl methyl sites for hydroxylation is 1. The summed E-state index contributed by atoms with van der Waals surface area (Å²) in [6, 6.07) is 9.63. The molecule has 5 nitrogen and oxygen atoms in total. The summed E-state index contributed by atoms with van der Waals surface area (Å²) in [4.78, 5) is 9.55. The SMILES string of the molecule is Cc1c(-c2ccc(C#N)cc2)sc2c(NN)ncnc12. The Bertz CT molecular complexity index is 814. The number of anilines is 1. The van der Waals surface area contributed by atoms with Gasteiger partial charge in [0.25, 0.3) is 0 Å². The van der Waals surface area contributed by atoms with Crippen molar-refractivity contribution in [2.45, 2.75) is 6.92 Å². The van der Waals surface area contributed by atoms with Crippen molar-refractivity contribution in [3.63, 3.8) is 0 Å². The van der Waals surface area contributed by atoms with Crippen molar-refractivity contribution in [3.05, 3.63) is 41.7 Å². The fourth-order valence-corrected chi connectivity index (χ4v) is 3.32. The molecule has 0 saturated heterocycles. The van der Waals surface area contributed by atoms with Gasteiger partial charge in [-0.05, 0) is 30.2 Å². The minimum Gasteiger partial charge on any atom is -0.307 e. The number of nitrogen functional groups attached to an aromatic ring is 1. The molecule has 0 fully saturated rings. The Balaban J connectivity index is 2.21. The summed E-state index contributed by atoms with van der Waals surface area (Å²) in [7, 11) is 0. The van der Waals surface area contributed by atoms with Crippen molar-refractivity contribution >= 4 is 27.4 Å². The molecular weight excluding hydrogens is 270 g/mol. The van der Waals surface area contributed by atoms with Gasteiger partial charge in [0.2, 0.25) is 0 Å². The highest BCUT2D eigenvalue weighted by Gasteiger charge is 2.14. The van der Waals surface area contributed by atoms with Gasteiger partial charge in [0.05, 0.1) is 21.8 Å². The Kier molecular flexibility index (Phi) is 3.06. The zero-order chi connectivity index (χ0) is 14.1. The summed E-state index contributed by atoms with van der Waals surface area (Å²) in [5.74, 6) is 6.11. The first-order chi connectivity index (χ1) is 9.74. The summed E-state index contributed by atoms with van der Waals surface area (Å²) < 4.78 is 0.937. The van der Waals surface area contributed by atoms with E-state index in [1.165, 1.54) is 6.33 Å². The van der Waals surface area contributed by atoms with E-state index in [-0.39, 0.29) is 0 Å². The number of nitrogens with two attached hydrogens (primary N) is 1. The van der Waals surface area contributed by atoms with Gasteiger partial charge in [0, 0.05) is 4.88 Å². The number of thiophene rings is 1. The molecule has 0 saturated carbocycles. The number of nitrogens with zero attached hydrogens (tertiary/aromatic N) is 3. The van der Waals surface area contributed by atoms with Crippen molar-refractivity contribution in [2.24, 2.45) is 5.84 Å². The Morgan fingerprint density at radius 3 is 2.65 bits per heavy atom. The average Bonchev–Trinajstić information content (AvgIpc) is 2.85. The third-order valence-electron chi connectivity index (χ3n) is 3.12. The maximum Gasteiger partial charge on any atom is 0.161 e. The van der Waals surface area contributed by atoms with Crippen LogP contribution >= 0.6 is 11.3 Å². The summed E-state index contributed by atoms with van der Waals surface area (Å²) in [5, 5.41) is 8.85. The summed E-state index contributed by atoms with van der Waals surface area (Å²) in [6.07, 6.45) is 1.50. The maximum atomic E-state index is 8.85. The van der Waals surface area contributed by atoms with Gasteiger partial charge in [-0.15, -0.1) is 11.3 Å². The minimum atomic E-state index is 0.628. The third kappa shape index (κ3) is 1.90. The smallest absolute Gasteiger partial charge is 0.161 e. The van der Waals surface area contributed by atoms with Crippen LogP contribution in [0.5, 0.6) is 0 Å². The highest BCUT2D eigenvalue weighted by Crippen LogP contribution is 2.39. The standard InChI is InChI=1S/C14H11N5S/c1-8-11-13(14(19-16)18-7-17-11)20-12(8)10-4-2-9(6-15)3-5-10/h2-5,7H,16H2,1H3,(H,17,18,19). The lowest BCUT2D eigenvalue weighted by Crippen LogP contribution is -2.08. The van der Waals surface area contributed by atoms with Crippen LogP contribution in [0.1, 0.15) is 11.1 Å². The van der Waals surface area contributed by atoms with E-state index in [0.717, 1.165) is 26.2 Å². The second-order valence-electron chi connectivity index (χ2n) is 4.29. The van der Waals surface area contributed by atoms with Crippen LogP contribution in [0.15, 0.2) is 30.6 Å². The summed E-state index contributed by atoms with van der Waals surface area (Å²) >= 11 is 1.59. The molecule has 3 aromatic rings. The molecule has 3 N–H and O–H groups in total. The molecule has 0 aliphatic heterocycles. The van der Waals surface area contributed by atoms with Crippen LogP contribution in [-0.2, 0) is 0 Å². The first-order valence-electron chi connectivity index (χ1n) is 5.96. The second kappa shape index (κ2) is 4.89. The second-order valence-corrected chi connectivity index (χ2v) is 5.31. The number of fused-ring (bicyclic) bond motifs is 1. The number of hydrogen-bond acceptors (Lipinski definition) is 6. The monoisotopic (exact) mass is 281 g/mol. The van der Waals surface area contributed by atoms with Crippen LogP contribution in [0.3, 0.4) is 0 Å². The lowest BCUT2D eigenvalue weighted by molar-refractivity contribution is 1.18. The molecule has 0 aliphatic rings. The molecule has 98 valence electrons. The quantitative estimate of drug-likeness (QED) is 0.557. The molecule has 20 heavy (non-hydrogen) atoms. The number of nitriles is 1. The zero-order valence-corrected chi connectivity index (χ0v) is 11.5. The molecule has 2 heterocycles. The van der Waals surface area contributed by atoms with Crippen LogP contribution in [0.25, 0.3) is 20.7 Å². The van der Waals surface area contributed by atoms with Gasteiger partial charge < -0.3 is 5.43 Å². The first kappa shape index (κ1) is 12.5. The maximum absolute atomic E-state index is 8.85. The topological polar surface area (TPSA) is 87.6 Å². The van der Waals surface area contributed by atoms with Gasteiger partial charge in [-0.25, -0.2) is 15.8 Å². The van der Waals surface area contributed by atoms with Gasteiger partial charge in [-0.3, -0.25) is 0 Å². The highest BCUT2D eigenvalue weighted by molar-refractivity contribution is 7.23. The highest BCUT2D eigenvalue weighted by atomic mass is 32.1. The predicted octanol–water partition coefficient (Wildman–Crippen LogP) is 2.82. The number of hydrogen-bond donors (Lipinski definition) is 2. The molecule has 0 unspecified atom stereocenters. The zero-order valence-electron chi connectivity index (χ0n) is 10.7. The average molecular weight is 281 g/mol. The van der Waals surface area contributed by atoms with Gasteiger partial charge in [0.15, 0.2) is 5.82 Å². The van der Waals surface area contributed by atoms with Crippen LogP contribution in [0.4, 0.5) is 5.82 Å². The minimum absolute atomic E-state index is 0.628. The summed E-state index contributed by atoms with van der Waals surface area (Å²) in [5.41, 5.74) is 6.30. The van der Waals surface area contributed by atoms with Crippen LogP contribution in [0, 0.1) is 18.3 Å². The van der Waals surface area contributed by atoms with Gasteiger partial charge in [-0.1, -0.05) is 12.1 Å². The van der Waals surface area contributed by atoms with E-state index in [1.807, 2.05) is 31.2 Å². The van der Waals surface area contributed by atoms with Crippen molar-refractivity contribution in [1.82, 2.24) is 9.97 Å². The van der Waals surface area contributed by atoms with Crippen LogP contribution in [0.2, 0.25) is 0 Å². The van der Waals surface area contributed by atoms with Crippen molar-refractivity contribution < 1.29 is 0 Å². The van der Waals surface area contributed by atoms with E-state index in [2.05, 4.69) is 21.5 Å². The van der Waals surface area contributed by atoms with E-state index >= 15 is 0 Å². The number of aromatic nitrogens is 2. The molecule has 0 spiro atoms. The van der Waals surface area contributed by atoms with E-state index in [0.29, 0.717) is 11.4 Å². The number of nitrogens with one attached hydrogen (secondary N) is 1. The first-order valence-corrected chi connectivity index (χ1v) is 6.77. The Morgan fingerprint density at radius 1 is 1.25 bits per heavy atom. The molecule has 0 bridgehead atoms. The largest absolute Gasteiger partial charge is 0.307 e. The molecule has 0 amide bonds. The van der Waals surface area contributed by atoms with Crippen LogP contribution < -0.4 is 11.3 Å². The third-order valence-corrected chi connectivity index (χ3v) is 4.45. The molecule has 0 atom stereocenters. The van der Waals surface area contributed by atoms with Gasteiger partial charge >= 0.3 is 0 Å². The number of benzene rings is 1. The number of rotatable bonds is 2. The van der Waals surface area contributed by atoms with E-state index < -0.39 is 0 Å². The molecule has 6 heteroatoms. The van der Waals surface area contributed by atoms with E-state index in [4.69, 9.17) is 11.1 Å². The van der Waals surface area contributed by atoms with Gasteiger partial charge in [-0.2, -0.15) is 5.26 Å². The Morgan fingerprint density at radius 2 is 2.00 bits per heavy atom. The Labute approximate surface area is 119 Å². The molecule has 1 aromatic carbocycles. The van der Waals surface area contributed by atoms with Gasteiger partial charge in [0.1, 0.15) is 6.33 Å². The van der Waals surface area contributed by atoms with Crippen molar-refractivity contribution in [2.75, 3.05) is 5.43 Å². The van der Waals surface area contributed by atoms with Crippen molar-refractivity contribution in [3.8, 4) is 16.5 Å².